The van der Waals surface area contributed by atoms with Crippen LogP contribution in [0.4, 0.5) is 0 Å². The zero-order chi connectivity index (χ0) is 16.7. The topological polar surface area (TPSA) is 68.0 Å². The van der Waals surface area contributed by atoms with Gasteiger partial charge < -0.3 is 5.11 Å². The molecule has 0 aliphatic heterocycles. The van der Waals surface area contributed by atoms with E-state index in [0.29, 0.717) is 5.82 Å². The average molecular weight is 350 g/mol. The number of aromatic nitrogens is 3. The molecule has 118 valence electrons. The van der Waals surface area contributed by atoms with Gasteiger partial charge in [0.1, 0.15) is 11.0 Å². The van der Waals surface area contributed by atoms with Crippen LogP contribution >= 0.6 is 23.2 Å². The number of aryl methyl sites for hydroxylation is 1. The first-order valence-electron chi connectivity index (χ1n) is 6.89. The fourth-order valence-corrected chi connectivity index (χ4v) is 3.16. The molecule has 0 amide bonds. The second-order valence-corrected chi connectivity index (χ2v) is 6.03. The number of benzene rings is 1. The lowest BCUT2D eigenvalue weighted by Crippen LogP contribution is -2.04. The molecule has 0 fully saturated rings. The van der Waals surface area contributed by atoms with Crippen molar-refractivity contribution in [2.75, 3.05) is 0 Å². The van der Waals surface area contributed by atoms with Crippen LogP contribution in [0.3, 0.4) is 0 Å². The summed E-state index contributed by atoms with van der Waals surface area (Å²) in [5.41, 5.74) is 3.45. The predicted molar refractivity (Wildman–Crippen MR) is 89.7 cm³/mol. The van der Waals surface area contributed by atoms with Crippen molar-refractivity contribution >= 4 is 40.1 Å². The van der Waals surface area contributed by atoms with Crippen molar-refractivity contribution in [3.63, 3.8) is 0 Å². The fourth-order valence-electron chi connectivity index (χ4n) is 2.76. The zero-order valence-corrected chi connectivity index (χ0v) is 14.0. The molecule has 0 saturated heterocycles. The van der Waals surface area contributed by atoms with Crippen LogP contribution in [0.1, 0.15) is 16.8 Å². The van der Waals surface area contributed by atoms with Crippen LogP contribution in [-0.2, 0) is 11.2 Å². The van der Waals surface area contributed by atoms with Gasteiger partial charge in [-0.1, -0.05) is 23.2 Å². The molecule has 3 aromatic rings. The van der Waals surface area contributed by atoms with Crippen LogP contribution in [0.25, 0.3) is 16.7 Å². The molecule has 5 nitrogen and oxygen atoms in total. The molecule has 1 N–H and O–H groups in total. The second kappa shape index (κ2) is 5.83. The zero-order valence-electron chi connectivity index (χ0n) is 12.5. The molecule has 0 radical (unpaired) electrons. The minimum atomic E-state index is -0.882. The predicted octanol–water partition coefficient (Wildman–Crippen LogP) is 3.97. The number of nitrogens with zero attached hydrogens (tertiary/aromatic N) is 3. The van der Waals surface area contributed by atoms with Crippen LogP contribution in [0, 0.1) is 13.8 Å². The first-order chi connectivity index (χ1) is 10.9. The Morgan fingerprint density at radius 2 is 1.96 bits per heavy atom. The molecule has 2 aromatic heterocycles. The minimum Gasteiger partial charge on any atom is -0.481 e. The summed E-state index contributed by atoms with van der Waals surface area (Å²) in [6.45, 7) is 3.83. The van der Waals surface area contributed by atoms with E-state index in [1.54, 1.807) is 6.07 Å². The standard InChI is InChI=1S/C16H13Cl2N3O2/c1-8-3-4-12-11(5-8)10(6-15(22)23)9(2)21(12)14-7-13(17)19-16(18)20-14/h3-5,7H,6H2,1-2H3,(H,22,23). The lowest BCUT2D eigenvalue weighted by molar-refractivity contribution is -0.136. The van der Waals surface area contributed by atoms with E-state index in [9.17, 15) is 9.90 Å². The number of rotatable bonds is 3. The largest absolute Gasteiger partial charge is 0.481 e. The molecule has 0 saturated carbocycles. The van der Waals surface area contributed by atoms with Gasteiger partial charge in [0.15, 0.2) is 0 Å². The summed E-state index contributed by atoms with van der Waals surface area (Å²) in [7, 11) is 0. The maximum atomic E-state index is 11.2. The smallest absolute Gasteiger partial charge is 0.307 e. The second-order valence-electron chi connectivity index (χ2n) is 5.31. The van der Waals surface area contributed by atoms with E-state index in [0.717, 1.165) is 27.7 Å². The monoisotopic (exact) mass is 349 g/mol. The number of carboxylic acid groups (broad SMARTS) is 1. The van der Waals surface area contributed by atoms with Crippen LogP contribution in [0.2, 0.25) is 10.4 Å². The third kappa shape index (κ3) is 2.90. The van der Waals surface area contributed by atoms with Gasteiger partial charge in [0, 0.05) is 17.1 Å². The summed E-state index contributed by atoms with van der Waals surface area (Å²) in [4.78, 5) is 19.3. The maximum Gasteiger partial charge on any atom is 0.307 e. The normalized spacial score (nSPS) is 11.1. The summed E-state index contributed by atoms with van der Waals surface area (Å²) < 4.78 is 1.85. The first kappa shape index (κ1) is 15.8. The van der Waals surface area contributed by atoms with Gasteiger partial charge in [-0.2, -0.15) is 4.98 Å². The van der Waals surface area contributed by atoms with Gasteiger partial charge in [0.25, 0.3) is 0 Å². The Kier molecular flexibility index (Phi) is 4.00. The summed E-state index contributed by atoms with van der Waals surface area (Å²) in [5.74, 6) is -0.370. The van der Waals surface area contributed by atoms with Crippen LogP contribution in [0.15, 0.2) is 24.3 Å². The Morgan fingerprint density at radius 3 is 2.61 bits per heavy atom. The maximum absolute atomic E-state index is 11.2. The first-order valence-corrected chi connectivity index (χ1v) is 7.65. The Labute approximate surface area is 142 Å². The van der Waals surface area contributed by atoms with Crippen molar-refractivity contribution in [2.24, 2.45) is 0 Å². The van der Waals surface area contributed by atoms with Crippen LogP contribution in [-0.4, -0.2) is 25.6 Å². The third-order valence-corrected chi connectivity index (χ3v) is 4.06. The fraction of sp³-hybridized carbons (Fsp3) is 0.188. The molecule has 7 heteroatoms. The molecule has 0 atom stereocenters. The van der Waals surface area contributed by atoms with Crippen molar-refractivity contribution in [1.82, 2.24) is 14.5 Å². The van der Waals surface area contributed by atoms with Crippen molar-refractivity contribution in [1.29, 1.82) is 0 Å². The molecular formula is C16H13Cl2N3O2. The molecule has 0 unspecified atom stereocenters. The van der Waals surface area contributed by atoms with Gasteiger partial charge in [0.05, 0.1) is 11.9 Å². The summed E-state index contributed by atoms with van der Waals surface area (Å²) in [6, 6.07) is 7.48. The van der Waals surface area contributed by atoms with Crippen molar-refractivity contribution in [3.8, 4) is 5.82 Å². The number of hydrogen-bond donors (Lipinski definition) is 1. The van der Waals surface area contributed by atoms with E-state index in [1.165, 1.54) is 0 Å². The third-order valence-electron chi connectivity index (χ3n) is 3.70. The molecule has 0 bridgehead atoms. The summed E-state index contributed by atoms with van der Waals surface area (Å²) >= 11 is 11.9. The lowest BCUT2D eigenvalue weighted by atomic mass is 10.1. The van der Waals surface area contributed by atoms with Crippen molar-refractivity contribution in [3.05, 3.63) is 51.5 Å². The summed E-state index contributed by atoms with van der Waals surface area (Å²) in [6.07, 6.45) is -0.0642. The van der Waals surface area contributed by atoms with Gasteiger partial charge in [-0.25, -0.2) is 4.98 Å². The molecule has 1 aromatic carbocycles. The number of aliphatic carboxylic acids is 1. The number of carbonyl (C=O) groups is 1. The Morgan fingerprint density at radius 1 is 1.22 bits per heavy atom. The summed E-state index contributed by atoms with van der Waals surface area (Å²) in [5, 5.41) is 10.4. The molecule has 3 rings (SSSR count). The Balaban J connectivity index is 2.36. The van der Waals surface area contributed by atoms with Gasteiger partial charge in [-0.05, 0) is 43.1 Å². The van der Waals surface area contributed by atoms with E-state index in [2.05, 4.69) is 9.97 Å². The van der Waals surface area contributed by atoms with E-state index < -0.39 is 5.97 Å². The highest BCUT2D eigenvalue weighted by Gasteiger charge is 2.19. The van der Waals surface area contributed by atoms with E-state index in [4.69, 9.17) is 23.2 Å². The highest BCUT2D eigenvalue weighted by Crippen LogP contribution is 2.30. The quantitative estimate of drug-likeness (QED) is 0.573. The highest BCUT2D eigenvalue weighted by atomic mass is 35.5. The SMILES string of the molecule is Cc1ccc2c(c1)c(CC(=O)O)c(C)n2-c1cc(Cl)nc(Cl)n1. The average Bonchev–Trinajstić information content (AvgIpc) is 2.70. The van der Waals surface area contributed by atoms with Crippen molar-refractivity contribution in [2.45, 2.75) is 20.3 Å². The molecule has 2 heterocycles. The molecule has 23 heavy (non-hydrogen) atoms. The highest BCUT2D eigenvalue weighted by molar-refractivity contribution is 6.31. The van der Waals surface area contributed by atoms with Crippen LogP contribution in [0.5, 0.6) is 0 Å². The van der Waals surface area contributed by atoms with E-state index in [-0.39, 0.29) is 16.9 Å². The number of fused-ring (bicyclic) bond motifs is 1. The van der Waals surface area contributed by atoms with Gasteiger partial charge >= 0.3 is 5.97 Å². The van der Waals surface area contributed by atoms with E-state index in [1.807, 2.05) is 36.6 Å². The number of carboxylic acids is 1. The lowest BCUT2D eigenvalue weighted by Gasteiger charge is -2.08. The number of hydrogen-bond acceptors (Lipinski definition) is 3. The molecule has 0 aliphatic carbocycles. The Hall–Kier alpha value is -2.11. The molecule has 0 aliphatic rings. The number of halogens is 2. The van der Waals surface area contributed by atoms with Gasteiger partial charge in [0.2, 0.25) is 5.28 Å². The van der Waals surface area contributed by atoms with Crippen molar-refractivity contribution < 1.29 is 9.90 Å². The Bertz CT molecular complexity index is 914. The molecule has 0 spiro atoms. The van der Waals surface area contributed by atoms with E-state index >= 15 is 0 Å². The van der Waals surface area contributed by atoms with Gasteiger partial charge in [-0.3, -0.25) is 9.36 Å². The molecular weight excluding hydrogens is 337 g/mol. The minimum absolute atomic E-state index is 0.0423. The van der Waals surface area contributed by atoms with Gasteiger partial charge in [-0.15, -0.1) is 0 Å². The van der Waals surface area contributed by atoms with Crippen LogP contribution < -0.4 is 0 Å².